The third-order valence-electron chi connectivity index (χ3n) is 4.34. The number of anilines is 3. The Labute approximate surface area is 168 Å². The summed E-state index contributed by atoms with van der Waals surface area (Å²) in [5, 5.41) is 21.3. The smallest absolute Gasteiger partial charge is 0.226 e. The first-order valence-corrected chi connectivity index (χ1v) is 9.28. The Morgan fingerprint density at radius 1 is 1.07 bits per heavy atom. The molecule has 29 heavy (non-hydrogen) atoms. The molecule has 8 heteroatoms. The van der Waals surface area contributed by atoms with Gasteiger partial charge >= 0.3 is 0 Å². The molecule has 148 valence electrons. The van der Waals surface area contributed by atoms with Gasteiger partial charge in [0.15, 0.2) is 5.65 Å². The number of hydrogen-bond donors (Lipinski definition) is 3. The van der Waals surface area contributed by atoms with Crippen molar-refractivity contribution in [1.82, 2.24) is 19.7 Å². The molecule has 2 aromatic carbocycles. The number of para-hydroxylation sites is 1. The molecule has 1 atom stereocenters. The Balaban J connectivity index is 1.77. The molecular weight excluding hydrogens is 368 g/mol. The molecule has 0 saturated heterocycles. The fourth-order valence-electron chi connectivity index (χ4n) is 2.89. The Morgan fingerprint density at radius 2 is 1.83 bits per heavy atom. The number of methoxy groups -OCH3 is 1. The molecule has 8 nitrogen and oxygen atoms in total. The van der Waals surface area contributed by atoms with Gasteiger partial charge in [-0.15, -0.1) is 0 Å². The highest BCUT2D eigenvalue weighted by atomic mass is 16.5. The van der Waals surface area contributed by atoms with Crippen molar-refractivity contribution in [2.45, 2.75) is 13.0 Å². The van der Waals surface area contributed by atoms with E-state index in [9.17, 15) is 5.11 Å². The van der Waals surface area contributed by atoms with Crippen LogP contribution in [0.3, 0.4) is 0 Å². The molecule has 2 heterocycles. The van der Waals surface area contributed by atoms with E-state index in [0.29, 0.717) is 24.0 Å². The highest BCUT2D eigenvalue weighted by Crippen LogP contribution is 2.27. The van der Waals surface area contributed by atoms with Crippen molar-refractivity contribution in [3.8, 4) is 11.4 Å². The molecule has 2 aromatic heterocycles. The first-order valence-electron chi connectivity index (χ1n) is 9.28. The van der Waals surface area contributed by atoms with Crippen molar-refractivity contribution < 1.29 is 9.84 Å². The van der Waals surface area contributed by atoms with Crippen LogP contribution in [0.25, 0.3) is 16.7 Å². The minimum absolute atomic E-state index is 0.340. The van der Waals surface area contributed by atoms with Gasteiger partial charge in [-0.1, -0.05) is 18.2 Å². The molecule has 0 aliphatic rings. The first kappa shape index (κ1) is 18.7. The predicted octanol–water partition coefficient (Wildman–Crippen LogP) is 3.36. The van der Waals surface area contributed by atoms with E-state index in [1.807, 2.05) is 54.6 Å². The van der Waals surface area contributed by atoms with Gasteiger partial charge in [0.25, 0.3) is 0 Å². The molecule has 4 rings (SSSR count). The van der Waals surface area contributed by atoms with Crippen molar-refractivity contribution in [2.24, 2.45) is 0 Å². The number of aliphatic hydroxyl groups excluding tert-OH is 1. The van der Waals surface area contributed by atoms with Crippen LogP contribution >= 0.6 is 0 Å². The summed E-state index contributed by atoms with van der Waals surface area (Å²) in [6.07, 6.45) is 1.22. The standard InChI is InChI=1S/C21H22N6O2/c1-14(28)12-22-21-25-19(24-15-8-10-17(29-2)11-9-15)18-13-23-27(20(18)26-21)16-6-4-3-5-7-16/h3-11,13-14,28H,12H2,1-2H3,(H2,22,24,25,26)/t14-/m0/s1. The van der Waals surface area contributed by atoms with Crippen molar-refractivity contribution in [3.63, 3.8) is 0 Å². The van der Waals surface area contributed by atoms with Gasteiger partial charge < -0.3 is 20.5 Å². The first-order chi connectivity index (χ1) is 14.1. The monoisotopic (exact) mass is 390 g/mol. The van der Waals surface area contributed by atoms with Crippen molar-refractivity contribution >= 4 is 28.5 Å². The van der Waals surface area contributed by atoms with Crippen LogP contribution in [0, 0.1) is 0 Å². The quantitative estimate of drug-likeness (QED) is 0.445. The summed E-state index contributed by atoms with van der Waals surface area (Å²) in [5.74, 6) is 1.81. The highest BCUT2D eigenvalue weighted by Gasteiger charge is 2.15. The minimum atomic E-state index is -0.522. The Bertz CT molecular complexity index is 1090. The summed E-state index contributed by atoms with van der Waals surface area (Å²) in [6, 6.07) is 17.4. The van der Waals surface area contributed by atoms with E-state index >= 15 is 0 Å². The van der Waals surface area contributed by atoms with Crippen LogP contribution in [-0.2, 0) is 0 Å². The second-order valence-corrected chi connectivity index (χ2v) is 6.61. The maximum absolute atomic E-state index is 9.61. The molecule has 0 aliphatic heterocycles. The average Bonchev–Trinajstić information content (AvgIpc) is 3.18. The summed E-state index contributed by atoms with van der Waals surface area (Å²) in [6.45, 7) is 2.04. The van der Waals surface area contributed by atoms with E-state index in [1.165, 1.54) is 0 Å². The lowest BCUT2D eigenvalue weighted by Gasteiger charge is -2.12. The summed E-state index contributed by atoms with van der Waals surface area (Å²) in [4.78, 5) is 9.21. The van der Waals surface area contributed by atoms with Gasteiger partial charge in [-0.2, -0.15) is 15.1 Å². The molecular formula is C21H22N6O2. The van der Waals surface area contributed by atoms with Crippen molar-refractivity contribution in [3.05, 3.63) is 60.8 Å². The molecule has 0 radical (unpaired) electrons. The maximum atomic E-state index is 9.61. The van der Waals surface area contributed by atoms with Crippen LogP contribution in [-0.4, -0.2) is 44.6 Å². The lowest BCUT2D eigenvalue weighted by Crippen LogP contribution is -2.17. The van der Waals surface area contributed by atoms with Gasteiger partial charge in [0, 0.05) is 12.2 Å². The second-order valence-electron chi connectivity index (χ2n) is 6.61. The molecule has 3 N–H and O–H groups in total. The summed E-state index contributed by atoms with van der Waals surface area (Å²) in [7, 11) is 1.63. The van der Waals surface area contributed by atoms with Crippen LogP contribution in [0.1, 0.15) is 6.92 Å². The van der Waals surface area contributed by atoms with E-state index in [2.05, 4.69) is 25.7 Å². The van der Waals surface area contributed by atoms with Crippen LogP contribution in [0.15, 0.2) is 60.8 Å². The zero-order valence-corrected chi connectivity index (χ0v) is 16.2. The molecule has 4 aromatic rings. The van der Waals surface area contributed by atoms with Crippen LogP contribution in [0.2, 0.25) is 0 Å². The lowest BCUT2D eigenvalue weighted by atomic mass is 10.3. The fraction of sp³-hybridized carbons (Fsp3) is 0.190. The number of hydrogen-bond acceptors (Lipinski definition) is 7. The molecule has 0 saturated carbocycles. The number of aliphatic hydroxyl groups is 1. The van der Waals surface area contributed by atoms with E-state index in [4.69, 9.17) is 4.74 Å². The summed E-state index contributed by atoms with van der Waals surface area (Å²) in [5.41, 5.74) is 2.42. The van der Waals surface area contributed by atoms with Gasteiger partial charge in [-0.05, 0) is 43.3 Å². The summed E-state index contributed by atoms with van der Waals surface area (Å²) >= 11 is 0. The van der Waals surface area contributed by atoms with E-state index in [1.54, 1.807) is 24.9 Å². The highest BCUT2D eigenvalue weighted by molar-refractivity contribution is 5.90. The average molecular weight is 390 g/mol. The molecule has 0 aliphatic carbocycles. The number of aromatic nitrogens is 4. The third kappa shape index (κ3) is 4.12. The molecule has 0 unspecified atom stereocenters. The normalized spacial score (nSPS) is 12.0. The zero-order valence-electron chi connectivity index (χ0n) is 16.2. The minimum Gasteiger partial charge on any atom is -0.497 e. The van der Waals surface area contributed by atoms with Crippen LogP contribution < -0.4 is 15.4 Å². The van der Waals surface area contributed by atoms with Gasteiger partial charge in [0.2, 0.25) is 5.95 Å². The Kier molecular flexibility index (Phi) is 5.26. The number of nitrogens with one attached hydrogen (secondary N) is 2. The summed E-state index contributed by atoms with van der Waals surface area (Å²) < 4.78 is 6.98. The lowest BCUT2D eigenvalue weighted by molar-refractivity contribution is 0.208. The second kappa shape index (κ2) is 8.15. The molecule has 0 bridgehead atoms. The number of fused-ring (bicyclic) bond motifs is 1. The number of rotatable bonds is 7. The molecule has 0 fully saturated rings. The van der Waals surface area contributed by atoms with E-state index in [-0.39, 0.29) is 0 Å². The topological polar surface area (TPSA) is 97.1 Å². The number of ether oxygens (including phenoxy) is 1. The molecule has 0 spiro atoms. The number of nitrogens with zero attached hydrogens (tertiary/aromatic N) is 4. The van der Waals surface area contributed by atoms with Crippen molar-refractivity contribution in [1.29, 1.82) is 0 Å². The molecule has 0 amide bonds. The Morgan fingerprint density at radius 3 is 2.52 bits per heavy atom. The van der Waals surface area contributed by atoms with Crippen molar-refractivity contribution in [2.75, 3.05) is 24.3 Å². The number of benzene rings is 2. The third-order valence-corrected chi connectivity index (χ3v) is 4.34. The Hall–Kier alpha value is -3.65. The van der Waals surface area contributed by atoms with Gasteiger partial charge in [0.1, 0.15) is 11.6 Å². The van der Waals surface area contributed by atoms with Gasteiger partial charge in [-0.3, -0.25) is 0 Å². The van der Waals surface area contributed by atoms with E-state index in [0.717, 1.165) is 22.5 Å². The zero-order chi connectivity index (χ0) is 20.2. The van der Waals surface area contributed by atoms with E-state index < -0.39 is 6.10 Å². The van der Waals surface area contributed by atoms with Crippen LogP contribution in [0.5, 0.6) is 5.75 Å². The van der Waals surface area contributed by atoms with Gasteiger partial charge in [-0.25, -0.2) is 4.68 Å². The maximum Gasteiger partial charge on any atom is 0.226 e. The van der Waals surface area contributed by atoms with Crippen LogP contribution in [0.4, 0.5) is 17.5 Å². The fourth-order valence-corrected chi connectivity index (χ4v) is 2.89. The largest absolute Gasteiger partial charge is 0.497 e. The predicted molar refractivity (Wildman–Crippen MR) is 113 cm³/mol. The SMILES string of the molecule is COc1ccc(Nc2nc(NC[C@H](C)O)nc3c2cnn3-c2ccccc2)cc1. The van der Waals surface area contributed by atoms with Gasteiger partial charge in [0.05, 0.1) is 30.5 Å².